The molecular formula is C11H9ClFN3. The van der Waals surface area contributed by atoms with Gasteiger partial charge in [0.05, 0.1) is 10.7 Å². The fraction of sp³-hybridized carbons (Fsp3) is 0.0909. The van der Waals surface area contributed by atoms with Crippen LogP contribution in [-0.2, 0) is 6.42 Å². The molecule has 0 fully saturated rings. The molecular weight excluding hydrogens is 229 g/mol. The van der Waals surface area contributed by atoms with E-state index in [1.165, 1.54) is 12.1 Å². The van der Waals surface area contributed by atoms with E-state index in [4.69, 9.17) is 17.3 Å². The van der Waals surface area contributed by atoms with Gasteiger partial charge in [0.25, 0.3) is 0 Å². The third kappa shape index (κ3) is 2.46. The first kappa shape index (κ1) is 10.8. The molecule has 0 spiro atoms. The lowest BCUT2D eigenvalue weighted by atomic mass is 10.1. The minimum Gasteiger partial charge on any atom is -0.381 e. The topological polar surface area (TPSA) is 51.8 Å². The van der Waals surface area contributed by atoms with Crippen LogP contribution in [0, 0.1) is 5.82 Å². The zero-order valence-corrected chi connectivity index (χ0v) is 9.08. The van der Waals surface area contributed by atoms with Gasteiger partial charge >= 0.3 is 0 Å². The Morgan fingerprint density at radius 1 is 1.19 bits per heavy atom. The molecule has 0 aliphatic carbocycles. The van der Waals surface area contributed by atoms with Crippen LogP contribution in [0.2, 0.25) is 5.02 Å². The first-order valence-corrected chi connectivity index (χ1v) is 5.05. The van der Waals surface area contributed by atoms with E-state index in [9.17, 15) is 4.39 Å². The van der Waals surface area contributed by atoms with Crippen molar-refractivity contribution in [3.8, 4) is 0 Å². The molecule has 2 aromatic rings. The number of rotatable bonds is 2. The Morgan fingerprint density at radius 3 is 2.50 bits per heavy atom. The number of anilines is 1. The second-order valence-electron chi connectivity index (χ2n) is 3.37. The molecule has 0 aliphatic rings. The van der Waals surface area contributed by atoms with Gasteiger partial charge in [0.2, 0.25) is 0 Å². The van der Waals surface area contributed by atoms with Crippen LogP contribution in [0.1, 0.15) is 11.3 Å². The Bertz CT molecular complexity index is 499. The Morgan fingerprint density at radius 2 is 1.88 bits per heavy atom. The highest BCUT2D eigenvalue weighted by atomic mass is 35.5. The Balaban J connectivity index is 2.20. The zero-order chi connectivity index (χ0) is 11.5. The van der Waals surface area contributed by atoms with Gasteiger partial charge in [-0.15, -0.1) is 5.10 Å². The number of halogens is 2. The maximum absolute atomic E-state index is 12.7. The fourth-order valence-electron chi connectivity index (χ4n) is 1.31. The minimum absolute atomic E-state index is 0.213. The van der Waals surface area contributed by atoms with Gasteiger partial charge in [-0.1, -0.05) is 23.7 Å². The van der Waals surface area contributed by atoms with E-state index in [1.807, 2.05) is 0 Å². The largest absolute Gasteiger partial charge is 0.381 e. The molecule has 3 nitrogen and oxygen atoms in total. The maximum Gasteiger partial charge on any atom is 0.164 e. The van der Waals surface area contributed by atoms with Gasteiger partial charge in [-0.25, -0.2) is 4.39 Å². The van der Waals surface area contributed by atoms with Crippen molar-refractivity contribution in [3.05, 3.63) is 52.4 Å². The van der Waals surface area contributed by atoms with Crippen molar-refractivity contribution in [2.45, 2.75) is 6.42 Å². The van der Waals surface area contributed by atoms with Crippen LogP contribution in [0.4, 0.5) is 10.2 Å². The van der Waals surface area contributed by atoms with Crippen LogP contribution in [0.25, 0.3) is 0 Å². The third-order valence-corrected chi connectivity index (χ3v) is 2.43. The summed E-state index contributed by atoms with van der Waals surface area (Å²) in [6, 6.07) is 7.86. The van der Waals surface area contributed by atoms with Gasteiger partial charge in [0.1, 0.15) is 5.82 Å². The molecule has 0 amide bonds. The lowest BCUT2D eigenvalue weighted by Crippen LogP contribution is -1.99. The highest BCUT2D eigenvalue weighted by Gasteiger charge is 2.03. The molecule has 1 heterocycles. The number of nitrogens with two attached hydrogens (primary N) is 1. The summed E-state index contributed by atoms with van der Waals surface area (Å²) in [6.45, 7) is 0. The molecule has 1 aromatic heterocycles. The van der Waals surface area contributed by atoms with Crippen molar-refractivity contribution < 1.29 is 4.39 Å². The molecule has 2 N–H and O–H groups in total. The summed E-state index contributed by atoms with van der Waals surface area (Å²) in [5.41, 5.74) is 7.09. The fourth-order valence-corrected chi connectivity index (χ4v) is 1.48. The summed E-state index contributed by atoms with van der Waals surface area (Å²) in [5, 5.41) is 8.00. The van der Waals surface area contributed by atoms with Crippen molar-refractivity contribution in [1.82, 2.24) is 10.2 Å². The molecule has 0 aliphatic heterocycles. The maximum atomic E-state index is 12.7. The lowest BCUT2D eigenvalue weighted by molar-refractivity contribution is 0.627. The quantitative estimate of drug-likeness (QED) is 0.873. The number of aromatic nitrogens is 2. The second kappa shape index (κ2) is 4.45. The van der Waals surface area contributed by atoms with Gasteiger partial charge in [-0.05, 0) is 23.8 Å². The van der Waals surface area contributed by atoms with Crippen LogP contribution < -0.4 is 5.73 Å². The van der Waals surface area contributed by atoms with Gasteiger partial charge < -0.3 is 5.73 Å². The minimum atomic E-state index is -0.259. The van der Waals surface area contributed by atoms with Gasteiger partial charge in [0, 0.05) is 6.42 Å². The number of hydrogen-bond donors (Lipinski definition) is 1. The van der Waals surface area contributed by atoms with Crippen molar-refractivity contribution >= 4 is 17.4 Å². The Hall–Kier alpha value is -1.68. The summed E-state index contributed by atoms with van der Waals surface area (Å²) in [6.07, 6.45) is 0.549. The van der Waals surface area contributed by atoms with E-state index in [0.717, 1.165) is 5.56 Å². The SMILES string of the molecule is Nc1nnc(Cc2ccc(F)cc2)cc1Cl. The van der Waals surface area contributed by atoms with Crippen LogP contribution in [0.15, 0.2) is 30.3 Å². The van der Waals surface area contributed by atoms with Crippen molar-refractivity contribution in [1.29, 1.82) is 0 Å². The van der Waals surface area contributed by atoms with E-state index in [-0.39, 0.29) is 11.6 Å². The normalized spacial score (nSPS) is 10.4. The number of nitrogen functional groups attached to an aromatic ring is 1. The van der Waals surface area contributed by atoms with Crippen molar-refractivity contribution in [2.24, 2.45) is 0 Å². The van der Waals surface area contributed by atoms with Crippen molar-refractivity contribution in [3.63, 3.8) is 0 Å². The Kier molecular flexibility index (Phi) is 3.01. The van der Waals surface area contributed by atoms with Crippen LogP contribution in [0.5, 0.6) is 0 Å². The monoisotopic (exact) mass is 237 g/mol. The lowest BCUT2D eigenvalue weighted by Gasteiger charge is -2.02. The first-order valence-electron chi connectivity index (χ1n) is 4.67. The molecule has 2 rings (SSSR count). The van der Waals surface area contributed by atoms with E-state index in [1.54, 1.807) is 18.2 Å². The summed E-state index contributed by atoms with van der Waals surface area (Å²) >= 11 is 5.82. The predicted octanol–water partition coefficient (Wildman–Crippen LogP) is 2.44. The zero-order valence-electron chi connectivity index (χ0n) is 8.32. The van der Waals surface area contributed by atoms with E-state index in [2.05, 4.69) is 10.2 Å². The average molecular weight is 238 g/mol. The molecule has 0 saturated carbocycles. The average Bonchev–Trinajstić information content (AvgIpc) is 2.27. The highest BCUT2D eigenvalue weighted by Crippen LogP contribution is 2.17. The van der Waals surface area contributed by atoms with E-state index in [0.29, 0.717) is 17.1 Å². The van der Waals surface area contributed by atoms with Gasteiger partial charge in [-0.2, -0.15) is 5.10 Å². The molecule has 82 valence electrons. The summed E-state index contributed by atoms with van der Waals surface area (Å²) in [4.78, 5) is 0. The summed E-state index contributed by atoms with van der Waals surface area (Å²) < 4.78 is 12.7. The standard InChI is InChI=1S/C11H9ClFN3/c12-10-6-9(15-16-11(10)14)5-7-1-3-8(13)4-2-7/h1-4,6H,5H2,(H2,14,16). The smallest absolute Gasteiger partial charge is 0.164 e. The molecule has 0 atom stereocenters. The van der Waals surface area contributed by atoms with Crippen LogP contribution >= 0.6 is 11.6 Å². The number of hydrogen-bond acceptors (Lipinski definition) is 3. The number of benzene rings is 1. The van der Waals surface area contributed by atoms with Crippen LogP contribution in [-0.4, -0.2) is 10.2 Å². The molecule has 5 heteroatoms. The molecule has 0 radical (unpaired) electrons. The van der Waals surface area contributed by atoms with Crippen molar-refractivity contribution in [2.75, 3.05) is 5.73 Å². The first-order chi connectivity index (χ1) is 7.65. The molecule has 0 unspecified atom stereocenters. The predicted molar refractivity (Wildman–Crippen MR) is 60.7 cm³/mol. The summed E-state index contributed by atoms with van der Waals surface area (Å²) in [5.74, 6) is -0.0466. The number of nitrogens with zero attached hydrogens (tertiary/aromatic N) is 2. The Labute approximate surface area is 97.1 Å². The summed E-state index contributed by atoms with van der Waals surface area (Å²) in [7, 11) is 0. The van der Waals surface area contributed by atoms with Gasteiger partial charge in [-0.3, -0.25) is 0 Å². The molecule has 1 aromatic carbocycles. The third-order valence-electron chi connectivity index (χ3n) is 2.12. The highest BCUT2D eigenvalue weighted by molar-refractivity contribution is 6.32. The van der Waals surface area contributed by atoms with Gasteiger partial charge in [0.15, 0.2) is 5.82 Å². The molecule has 0 saturated heterocycles. The van der Waals surface area contributed by atoms with Crippen LogP contribution in [0.3, 0.4) is 0 Å². The second-order valence-corrected chi connectivity index (χ2v) is 3.78. The molecule has 0 bridgehead atoms. The van der Waals surface area contributed by atoms with E-state index < -0.39 is 0 Å². The van der Waals surface area contributed by atoms with E-state index >= 15 is 0 Å². The molecule has 16 heavy (non-hydrogen) atoms.